The maximum atomic E-state index is 6.19. The summed E-state index contributed by atoms with van der Waals surface area (Å²) in [6.45, 7) is 0. The van der Waals surface area contributed by atoms with Crippen molar-refractivity contribution in [3.63, 3.8) is 0 Å². The van der Waals surface area contributed by atoms with E-state index >= 15 is 0 Å². The van der Waals surface area contributed by atoms with Gasteiger partial charge in [0.2, 0.25) is 0 Å². The summed E-state index contributed by atoms with van der Waals surface area (Å²) < 4.78 is 15.1. The maximum absolute atomic E-state index is 6.19. The molecule has 4 heteroatoms. The van der Waals surface area contributed by atoms with Gasteiger partial charge in [-0.05, 0) is 89.3 Å². The minimum Gasteiger partial charge on any atom is -0.456 e. The number of benzene rings is 6. The van der Waals surface area contributed by atoms with Gasteiger partial charge in [0, 0.05) is 53.8 Å². The van der Waals surface area contributed by atoms with Crippen molar-refractivity contribution in [2.24, 2.45) is 0 Å². The van der Waals surface area contributed by atoms with Crippen LogP contribution in [-0.4, -0.2) is 0 Å². The van der Waals surface area contributed by atoms with Crippen LogP contribution in [0.3, 0.4) is 0 Å². The molecule has 3 heterocycles. The SMILES string of the molecule is C1=c2sc3ccccc3c2=CC(c2ccc(N(c3ccc4oc5ccccc5c4c3)c3ccc4oc5ccccc5c4c3)cc2)C1. The fourth-order valence-electron chi connectivity index (χ4n) is 7.17. The number of nitrogens with zero attached hydrogens (tertiary/aromatic N) is 1. The van der Waals surface area contributed by atoms with Crippen LogP contribution in [0.1, 0.15) is 17.9 Å². The Bertz CT molecular complexity index is 2630. The molecule has 9 aromatic rings. The van der Waals surface area contributed by atoms with E-state index in [4.69, 9.17) is 8.83 Å². The quantitative estimate of drug-likeness (QED) is 0.199. The van der Waals surface area contributed by atoms with Crippen LogP contribution in [0.5, 0.6) is 0 Å². The van der Waals surface area contributed by atoms with Crippen LogP contribution < -0.4 is 14.7 Å². The molecule has 46 heavy (non-hydrogen) atoms. The number of para-hydroxylation sites is 2. The predicted molar refractivity (Wildman–Crippen MR) is 193 cm³/mol. The lowest BCUT2D eigenvalue weighted by Gasteiger charge is -2.26. The normalized spacial score (nSPS) is 14.6. The van der Waals surface area contributed by atoms with Crippen LogP contribution in [-0.2, 0) is 0 Å². The van der Waals surface area contributed by atoms with Crippen molar-refractivity contribution in [1.29, 1.82) is 0 Å². The van der Waals surface area contributed by atoms with E-state index in [2.05, 4.69) is 126 Å². The number of hydrogen-bond acceptors (Lipinski definition) is 4. The lowest BCUT2D eigenvalue weighted by molar-refractivity contribution is 0.668. The second-order valence-electron chi connectivity index (χ2n) is 12.1. The summed E-state index contributed by atoms with van der Waals surface area (Å²) in [6, 6.07) is 47.4. The molecular formula is C42H27NO2S. The summed E-state index contributed by atoms with van der Waals surface area (Å²) >= 11 is 1.90. The van der Waals surface area contributed by atoms with Gasteiger partial charge >= 0.3 is 0 Å². The van der Waals surface area contributed by atoms with Crippen molar-refractivity contribution in [3.05, 3.63) is 149 Å². The molecule has 0 radical (unpaired) electrons. The van der Waals surface area contributed by atoms with E-state index in [-0.39, 0.29) is 0 Å². The smallest absolute Gasteiger partial charge is 0.135 e. The molecule has 0 bridgehead atoms. The Labute approximate surface area is 268 Å². The van der Waals surface area contributed by atoms with Crippen LogP contribution >= 0.6 is 11.3 Å². The van der Waals surface area contributed by atoms with E-state index in [0.29, 0.717) is 5.92 Å². The Balaban J connectivity index is 1.12. The summed E-state index contributed by atoms with van der Waals surface area (Å²) in [5.41, 5.74) is 8.16. The van der Waals surface area contributed by atoms with Gasteiger partial charge in [-0.15, -0.1) is 11.3 Å². The molecule has 1 atom stereocenters. The molecule has 0 spiro atoms. The van der Waals surface area contributed by atoms with Crippen molar-refractivity contribution in [2.45, 2.75) is 12.3 Å². The van der Waals surface area contributed by atoms with E-state index in [1.165, 1.54) is 25.4 Å². The van der Waals surface area contributed by atoms with Crippen LogP contribution in [0.4, 0.5) is 17.1 Å². The van der Waals surface area contributed by atoms with Gasteiger partial charge in [0.25, 0.3) is 0 Å². The second kappa shape index (κ2) is 9.96. The van der Waals surface area contributed by atoms with Gasteiger partial charge in [-0.25, -0.2) is 0 Å². The van der Waals surface area contributed by atoms with Crippen molar-refractivity contribution >= 4 is 94.5 Å². The van der Waals surface area contributed by atoms with Crippen molar-refractivity contribution in [2.75, 3.05) is 4.90 Å². The Morgan fingerprint density at radius 3 is 1.72 bits per heavy atom. The van der Waals surface area contributed by atoms with Gasteiger partial charge in [-0.2, -0.15) is 0 Å². The molecule has 0 aliphatic heterocycles. The first kappa shape index (κ1) is 25.7. The molecule has 218 valence electrons. The second-order valence-corrected chi connectivity index (χ2v) is 13.2. The zero-order valence-electron chi connectivity index (χ0n) is 24.8. The summed E-state index contributed by atoms with van der Waals surface area (Å²) in [5.74, 6) is 0.343. The molecule has 6 aromatic carbocycles. The topological polar surface area (TPSA) is 29.5 Å². The van der Waals surface area contributed by atoms with Crippen LogP contribution in [0, 0.1) is 0 Å². The first-order valence-corrected chi connectivity index (χ1v) is 16.5. The van der Waals surface area contributed by atoms with E-state index < -0.39 is 0 Å². The van der Waals surface area contributed by atoms with Gasteiger partial charge in [-0.1, -0.05) is 78.9 Å². The highest BCUT2D eigenvalue weighted by molar-refractivity contribution is 7.17. The number of hydrogen-bond donors (Lipinski definition) is 0. The molecule has 0 N–H and O–H groups in total. The molecule has 0 fully saturated rings. The highest BCUT2D eigenvalue weighted by Crippen LogP contribution is 2.41. The summed E-state index contributed by atoms with van der Waals surface area (Å²) in [6.07, 6.45) is 5.90. The van der Waals surface area contributed by atoms with Crippen molar-refractivity contribution < 1.29 is 8.83 Å². The Hall–Kier alpha value is -5.58. The summed E-state index contributed by atoms with van der Waals surface area (Å²) in [5, 5.41) is 7.19. The molecule has 3 aromatic heterocycles. The molecule has 1 aliphatic carbocycles. The summed E-state index contributed by atoms with van der Waals surface area (Å²) in [4.78, 5) is 2.34. The zero-order valence-corrected chi connectivity index (χ0v) is 25.6. The highest BCUT2D eigenvalue weighted by atomic mass is 32.1. The van der Waals surface area contributed by atoms with Gasteiger partial charge in [0.15, 0.2) is 0 Å². The number of furan rings is 2. The van der Waals surface area contributed by atoms with E-state index in [1.54, 1.807) is 0 Å². The minimum absolute atomic E-state index is 0.343. The Morgan fingerprint density at radius 2 is 1.07 bits per heavy atom. The molecule has 0 saturated carbocycles. The van der Waals surface area contributed by atoms with E-state index in [0.717, 1.165) is 67.4 Å². The first-order valence-electron chi connectivity index (χ1n) is 15.7. The first-order chi connectivity index (χ1) is 22.8. The van der Waals surface area contributed by atoms with Crippen molar-refractivity contribution in [1.82, 2.24) is 0 Å². The zero-order chi connectivity index (χ0) is 30.2. The molecule has 1 unspecified atom stereocenters. The Kier molecular flexibility index (Phi) is 5.57. The lowest BCUT2D eigenvalue weighted by Crippen LogP contribution is -2.23. The average molecular weight is 610 g/mol. The number of thiophene rings is 1. The van der Waals surface area contributed by atoms with E-state index in [9.17, 15) is 0 Å². The van der Waals surface area contributed by atoms with Gasteiger partial charge in [0.05, 0.1) is 0 Å². The third-order valence-electron chi connectivity index (χ3n) is 9.40. The van der Waals surface area contributed by atoms with Crippen LogP contribution in [0.15, 0.2) is 142 Å². The molecule has 1 aliphatic rings. The van der Waals surface area contributed by atoms with Gasteiger partial charge < -0.3 is 13.7 Å². The van der Waals surface area contributed by atoms with Crippen LogP contribution in [0.2, 0.25) is 0 Å². The Morgan fingerprint density at radius 1 is 0.522 bits per heavy atom. The lowest BCUT2D eigenvalue weighted by atomic mass is 9.91. The third-order valence-corrected chi connectivity index (χ3v) is 10.6. The number of anilines is 3. The maximum Gasteiger partial charge on any atom is 0.135 e. The fraction of sp³-hybridized carbons (Fsp3) is 0.0476. The standard InChI is InChI=1S/C42H27NO2S/c1-4-10-37-31(7-1)34-24-29(18-20-39(34)44-37)43(30-19-21-40-35(25-30)32-8-2-5-11-38(32)45-40)28-16-13-26(14-17-28)27-15-22-42-36(23-27)33-9-3-6-12-41(33)46-42/h1-14,16-25,27H,15H2. The molecule has 0 saturated heterocycles. The third kappa shape index (κ3) is 3.97. The van der Waals surface area contributed by atoms with Gasteiger partial charge in [-0.3, -0.25) is 0 Å². The van der Waals surface area contributed by atoms with E-state index in [1.807, 2.05) is 35.6 Å². The predicted octanol–water partition coefficient (Wildman–Crippen LogP) is 10.9. The summed E-state index contributed by atoms with van der Waals surface area (Å²) in [7, 11) is 0. The molecule has 0 amide bonds. The van der Waals surface area contributed by atoms with Crippen LogP contribution in [0.25, 0.3) is 66.1 Å². The molecular weight excluding hydrogens is 583 g/mol. The number of fused-ring (bicyclic) bond motifs is 9. The molecule has 10 rings (SSSR count). The largest absolute Gasteiger partial charge is 0.456 e. The average Bonchev–Trinajstić information content (AvgIpc) is 3.79. The minimum atomic E-state index is 0.343. The highest BCUT2D eigenvalue weighted by Gasteiger charge is 2.19. The number of rotatable bonds is 4. The fourth-order valence-corrected chi connectivity index (χ4v) is 8.31. The molecule has 3 nitrogen and oxygen atoms in total. The monoisotopic (exact) mass is 609 g/mol. The van der Waals surface area contributed by atoms with Gasteiger partial charge in [0.1, 0.15) is 22.3 Å². The van der Waals surface area contributed by atoms with Crippen molar-refractivity contribution in [3.8, 4) is 0 Å².